The first kappa shape index (κ1) is 31.0. The maximum absolute atomic E-state index is 15.5. The van der Waals surface area contributed by atoms with Crippen LogP contribution in [-0.2, 0) is 14.0 Å². The van der Waals surface area contributed by atoms with E-state index in [1.165, 1.54) is 0 Å². The molecule has 40 heavy (non-hydrogen) atoms. The van der Waals surface area contributed by atoms with Crippen LogP contribution in [0.5, 0.6) is 0 Å². The van der Waals surface area contributed by atoms with Crippen molar-refractivity contribution in [1.29, 1.82) is 0 Å². The van der Waals surface area contributed by atoms with Gasteiger partial charge in [0.1, 0.15) is 11.4 Å². The van der Waals surface area contributed by atoms with E-state index >= 15 is 4.39 Å². The third-order valence-corrected chi connectivity index (χ3v) is 14.8. The quantitative estimate of drug-likeness (QED) is 0.323. The number of carbonyl (C=O) groups excluding carboxylic acids is 2. The Morgan fingerprint density at radius 1 is 1.02 bits per heavy atom. The van der Waals surface area contributed by atoms with E-state index in [1.54, 1.807) is 21.9 Å². The van der Waals surface area contributed by atoms with Crippen molar-refractivity contribution < 1.29 is 23.1 Å². The van der Waals surface area contributed by atoms with Crippen molar-refractivity contribution in [1.82, 2.24) is 4.90 Å². The van der Waals surface area contributed by atoms with Gasteiger partial charge in [0.2, 0.25) is 5.91 Å². The molecule has 3 aliphatic rings. The third-order valence-electron chi connectivity index (χ3n) is 10.3. The third kappa shape index (κ3) is 6.43. The second-order valence-electron chi connectivity index (χ2n) is 14.5. The van der Waals surface area contributed by atoms with E-state index in [-0.39, 0.29) is 22.9 Å². The summed E-state index contributed by atoms with van der Waals surface area (Å²) in [5.41, 5.74) is 0.336. The van der Waals surface area contributed by atoms with Crippen molar-refractivity contribution in [2.75, 3.05) is 24.5 Å². The smallest absolute Gasteiger partial charge is 0.410 e. The number of hydrogen-bond donors (Lipinski definition) is 0. The van der Waals surface area contributed by atoms with E-state index in [9.17, 15) is 9.59 Å². The van der Waals surface area contributed by atoms with E-state index in [0.717, 1.165) is 37.7 Å². The predicted octanol–water partition coefficient (Wildman–Crippen LogP) is 8.02. The van der Waals surface area contributed by atoms with Gasteiger partial charge >= 0.3 is 6.09 Å². The number of ether oxygens (including phenoxy) is 1. The van der Waals surface area contributed by atoms with Crippen LogP contribution < -0.4 is 4.90 Å². The van der Waals surface area contributed by atoms with Gasteiger partial charge in [-0.15, -0.1) is 0 Å². The Kier molecular flexibility index (Phi) is 8.83. The van der Waals surface area contributed by atoms with Gasteiger partial charge in [0.25, 0.3) is 0 Å². The van der Waals surface area contributed by atoms with E-state index in [0.29, 0.717) is 56.6 Å². The van der Waals surface area contributed by atoms with Gasteiger partial charge in [0.05, 0.1) is 11.1 Å². The Bertz CT molecular complexity index is 1080. The Hall–Kier alpha value is -1.93. The van der Waals surface area contributed by atoms with Crippen molar-refractivity contribution in [3.63, 3.8) is 0 Å². The zero-order chi connectivity index (χ0) is 29.5. The molecule has 6 nitrogen and oxygen atoms in total. The molecule has 3 fully saturated rings. The molecule has 1 aliphatic carbocycles. The Labute approximate surface area is 242 Å². The van der Waals surface area contributed by atoms with Crippen molar-refractivity contribution in [3.8, 4) is 0 Å². The van der Waals surface area contributed by atoms with Crippen molar-refractivity contribution in [3.05, 3.63) is 29.6 Å². The molecule has 2 heterocycles. The van der Waals surface area contributed by atoms with E-state index < -0.39 is 19.3 Å². The molecule has 2 saturated heterocycles. The van der Waals surface area contributed by atoms with Crippen LogP contribution in [0, 0.1) is 11.2 Å². The van der Waals surface area contributed by atoms with Crippen LogP contribution >= 0.6 is 0 Å². The molecule has 0 unspecified atom stereocenters. The summed E-state index contributed by atoms with van der Waals surface area (Å²) in [6.45, 7) is 18.6. The average Bonchev–Trinajstić information content (AvgIpc) is 3.18. The molecule has 1 aromatic rings. The van der Waals surface area contributed by atoms with Crippen molar-refractivity contribution in [2.24, 2.45) is 5.41 Å². The van der Waals surface area contributed by atoms with Crippen LogP contribution in [0.2, 0.25) is 18.1 Å². The van der Waals surface area contributed by atoms with Crippen LogP contribution in [0.25, 0.3) is 0 Å². The molecule has 1 saturated carbocycles. The van der Waals surface area contributed by atoms with Crippen LogP contribution in [0.3, 0.4) is 0 Å². The Balaban J connectivity index is 1.34. The van der Waals surface area contributed by atoms with Gasteiger partial charge in [0, 0.05) is 25.7 Å². The minimum Gasteiger partial charge on any atom is -0.444 e. The lowest BCUT2D eigenvalue weighted by Crippen LogP contribution is -2.48. The van der Waals surface area contributed by atoms with Gasteiger partial charge in [-0.3, -0.25) is 4.79 Å². The van der Waals surface area contributed by atoms with Gasteiger partial charge in [0.15, 0.2) is 8.32 Å². The van der Waals surface area contributed by atoms with E-state index in [2.05, 4.69) is 33.9 Å². The fourth-order valence-corrected chi connectivity index (χ4v) is 8.71. The maximum Gasteiger partial charge on any atom is 0.410 e. The van der Waals surface area contributed by atoms with E-state index in [4.69, 9.17) is 9.16 Å². The number of amides is 2. The SMILES string of the molecule is CCC(C)(C)[Si](C)(C)OC1CCC(c2ccc(N3CCC4(CCN(C(=O)OC(C)(C)C)CC4)C3=O)c(F)c2)CC1. The second-order valence-corrected chi connectivity index (χ2v) is 19.1. The van der Waals surface area contributed by atoms with E-state index in [1.807, 2.05) is 26.8 Å². The van der Waals surface area contributed by atoms with Gasteiger partial charge in [-0.1, -0.05) is 33.3 Å². The summed E-state index contributed by atoms with van der Waals surface area (Å²) in [5.74, 6) is -0.00158. The maximum atomic E-state index is 15.5. The predicted molar refractivity (Wildman–Crippen MR) is 161 cm³/mol. The minimum absolute atomic E-state index is 0.0116. The molecule has 0 bridgehead atoms. The van der Waals surface area contributed by atoms with Crippen LogP contribution in [0.1, 0.15) is 104 Å². The van der Waals surface area contributed by atoms with Gasteiger partial charge < -0.3 is 19.0 Å². The number of piperidine rings is 1. The molecule has 0 aromatic heterocycles. The fourth-order valence-electron chi connectivity index (χ4n) is 6.47. The normalized spacial score (nSPS) is 24.1. The molecule has 0 N–H and O–H groups in total. The topological polar surface area (TPSA) is 59.1 Å². The highest BCUT2D eigenvalue weighted by Gasteiger charge is 2.50. The molecular formula is C32H51FN2O4Si. The highest BCUT2D eigenvalue weighted by atomic mass is 28.4. The summed E-state index contributed by atoms with van der Waals surface area (Å²) < 4.78 is 27.7. The van der Waals surface area contributed by atoms with Crippen LogP contribution in [0.4, 0.5) is 14.9 Å². The van der Waals surface area contributed by atoms with Crippen LogP contribution in [0.15, 0.2) is 18.2 Å². The lowest BCUT2D eigenvalue weighted by Gasteiger charge is -2.43. The summed E-state index contributed by atoms with van der Waals surface area (Å²) in [5, 5.41) is 0.240. The molecule has 1 spiro atoms. The minimum atomic E-state index is -1.82. The van der Waals surface area contributed by atoms with Gasteiger partial charge in [-0.25, -0.2) is 9.18 Å². The summed E-state index contributed by atoms with van der Waals surface area (Å²) in [6, 6.07) is 5.48. The number of hydrogen-bond acceptors (Lipinski definition) is 4. The zero-order valence-corrected chi connectivity index (χ0v) is 27.1. The molecular weight excluding hydrogens is 523 g/mol. The second kappa shape index (κ2) is 11.4. The first-order valence-electron chi connectivity index (χ1n) is 15.3. The molecule has 224 valence electrons. The molecule has 8 heteroatoms. The number of nitrogens with zero attached hydrogens (tertiary/aromatic N) is 2. The zero-order valence-electron chi connectivity index (χ0n) is 26.1. The molecule has 2 amide bonds. The lowest BCUT2D eigenvalue weighted by atomic mass is 9.77. The number of benzene rings is 1. The van der Waals surface area contributed by atoms with Crippen molar-refractivity contribution in [2.45, 2.75) is 129 Å². The standard InChI is InChI=1S/C32H51FN2O4Si/c1-9-31(5,6)40(7,8)39-25-13-10-23(11-14-25)24-12-15-27(26(33)22-24)35-21-18-32(28(35)36)16-19-34(20-17-32)29(37)38-30(2,3)4/h12,15,22-23,25H,9-11,13-14,16-21H2,1-8H3. The number of carbonyl (C=O) groups is 2. The number of halogens is 1. The molecule has 2 aliphatic heterocycles. The van der Waals surface area contributed by atoms with Gasteiger partial charge in [-0.2, -0.15) is 0 Å². The largest absolute Gasteiger partial charge is 0.444 e. The fraction of sp³-hybridized carbons (Fsp3) is 0.750. The summed E-state index contributed by atoms with van der Waals surface area (Å²) in [7, 11) is -1.82. The number of anilines is 1. The molecule has 4 rings (SSSR count). The average molecular weight is 575 g/mol. The lowest BCUT2D eigenvalue weighted by molar-refractivity contribution is -0.128. The number of likely N-dealkylation sites (tertiary alicyclic amines) is 1. The summed E-state index contributed by atoms with van der Waals surface area (Å²) >= 11 is 0. The summed E-state index contributed by atoms with van der Waals surface area (Å²) in [6.07, 6.45) is 6.97. The van der Waals surface area contributed by atoms with Gasteiger partial charge in [-0.05, 0) is 107 Å². The first-order chi connectivity index (χ1) is 18.6. The monoisotopic (exact) mass is 574 g/mol. The Morgan fingerprint density at radius 3 is 2.17 bits per heavy atom. The molecule has 0 radical (unpaired) electrons. The van der Waals surface area contributed by atoms with Crippen molar-refractivity contribution >= 4 is 26.0 Å². The number of rotatable bonds is 6. The molecule has 0 atom stereocenters. The van der Waals surface area contributed by atoms with Crippen LogP contribution in [-0.4, -0.2) is 56.6 Å². The first-order valence-corrected chi connectivity index (χ1v) is 18.3. The Morgan fingerprint density at radius 2 is 1.62 bits per heavy atom. The molecule has 1 aromatic carbocycles. The summed E-state index contributed by atoms with van der Waals surface area (Å²) in [4.78, 5) is 29.4. The highest BCUT2D eigenvalue weighted by Crippen LogP contribution is 2.46. The highest BCUT2D eigenvalue weighted by molar-refractivity contribution is 6.74.